The Bertz CT molecular complexity index is 1700. The van der Waals surface area contributed by atoms with Crippen molar-refractivity contribution in [3.63, 3.8) is 0 Å². The van der Waals surface area contributed by atoms with Gasteiger partial charge in [-0.15, -0.1) is 0 Å². The predicted octanol–water partition coefficient (Wildman–Crippen LogP) is 4.78. The molecule has 0 bridgehead atoms. The van der Waals surface area contributed by atoms with Gasteiger partial charge in [-0.05, 0) is 30.0 Å². The van der Waals surface area contributed by atoms with Gasteiger partial charge in [0.05, 0.1) is 29.4 Å². The zero-order valence-electron chi connectivity index (χ0n) is 21.2. The second kappa shape index (κ2) is 9.38. The lowest BCUT2D eigenvalue weighted by molar-refractivity contribution is 0.00706. The number of aliphatic hydroxyl groups excluding tert-OH is 1. The van der Waals surface area contributed by atoms with Crippen LogP contribution in [0.2, 0.25) is 5.02 Å². The molecule has 2 N–H and O–H groups in total. The number of pyridine rings is 1. The highest BCUT2D eigenvalue weighted by Gasteiger charge is 2.48. The van der Waals surface area contributed by atoms with Gasteiger partial charge in [-0.2, -0.15) is 9.97 Å². The van der Waals surface area contributed by atoms with E-state index in [-0.39, 0.29) is 24.9 Å². The molecule has 11 heteroatoms. The summed E-state index contributed by atoms with van der Waals surface area (Å²) in [5.41, 5.74) is 5.71. The molecule has 1 saturated carbocycles. The molecule has 0 radical (unpaired) electrons. The fraction of sp³-hybridized carbons (Fsp3) is 0.310. The van der Waals surface area contributed by atoms with E-state index in [4.69, 9.17) is 35.3 Å². The summed E-state index contributed by atoms with van der Waals surface area (Å²) >= 11 is 6.63. The van der Waals surface area contributed by atoms with Gasteiger partial charge in [0.25, 0.3) is 6.01 Å². The summed E-state index contributed by atoms with van der Waals surface area (Å²) in [6.45, 7) is 0.553. The fourth-order valence-electron chi connectivity index (χ4n) is 5.32. The molecule has 2 aliphatic heterocycles. The summed E-state index contributed by atoms with van der Waals surface area (Å²) in [4.78, 5) is 16.9. The van der Waals surface area contributed by atoms with Crippen molar-refractivity contribution in [3.8, 4) is 39.8 Å². The van der Waals surface area contributed by atoms with E-state index >= 15 is 0 Å². The molecule has 10 nitrogen and oxygen atoms in total. The molecule has 2 saturated heterocycles. The molecule has 1 unspecified atom stereocenters. The number of halogens is 1. The Morgan fingerprint density at radius 3 is 2.30 bits per heavy atom. The van der Waals surface area contributed by atoms with E-state index in [9.17, 15) is 5.11 Å². The van der Waals surface area contributed by atoms with Gasteiger partial charge in [0.1, 0.15) is 18.3 Å². The van der Waals surface area contributed by atoms with E-state index < -0.39 is 6.10 Å². The standard InChI is InChI=1S/C29H24ClN5O5/c30-19-11-20-27(34-29(31-20)39-22-13-38-24-21(36)12-37-25(22)24)32-23(19)16-5-1-14(2-6-16)15-3-7-17(8-4-15)26-33-28(40-35-26)18-9-10-18/h1-8,11,18,21-22,24-25,36H,9-10,12-13H2,(H,31,32,34)/t21-,22-,24?,25-/m1/s1. The number of nitrogens with zero attached hydrogens (tertiary/aromatic N) is 4. The highest BCUT2D eigenvalue weighted by Crippen LogP contribution is 2.39. The first-order valence-corrected chi connectivity index (χ1v) is 13.7. The molecule has 8 rings (SSSR count). The van der Waals surface area contributed by atoms with E-state index in [0.29, 0.717) is 46.2 Å². The molecular weight excluding hydrogens is 534 g/mol. The summed E-state index contributed by atoms with van der Waals surface area (Å²) in [5, 5.41) is 14.6. The number of hydrogen-bond donors (Lipinski definition) is 2. The summed E-state index contributed by atoms with van der Waals surface area (Å²) in [6.07, 6.45) is 0.541. The number of rotatable bonds is 6. The van der Waals surface area contributed by atoms with Crippen LogP contribution in [0.3, 0.4) is 0 Å². The van der Waals surface area contributed by atoms with Crippen LogP contribution in [0, 0.1) is 0 Å². The molecule has 3 aromatic heterocycles. The molecule has 5 heterocycles. The van der Waals surface area contributed by atoms with E-state index in [1.54, 1.807) is 6.07 Å². The zero-order valence-corrected chi connectivity index (χ0v) is 21.9. The number of ether oxygens (including phenoxy) is 3. The highest BCUT2D eigenvalue weighted by molar-refractivity contribution is 6.33. The van der Waals surface area contributed by atoms with Gasteiger partial charge in [0.2, 0.25) is 11.7 Å². The number of hydrogen-bond acceptors (Lipinski definition) is 9. The Morgan fingerprint density at radius 1 is 0.850 bits per heavy atom. The van der Waals surface area contributed by atoms with Crippen LogP contribution >= 0.6 is 11.6 Å². The van der Waals surface area contributed by atoms with Crippen molar-refractivity contribution in [1.82, 2.24) is 25.1 Å². The van der Waals surface area contributed by atoms with Crippen LogP contribution < -0.4 is 4.74 Å². The van der Waals surface area contributed by atoms with Crippen molar-refractivity contribution >= 4 is 22.8 Å². The monoisotopic (exact) mass is 557 g/mol. The Morgan fingerprint density at radius 2 is 1.55 bits per heavy atom. The molecule has 5 aromatic rings. The molecule has 4 atom stereocenters. The first-order chi connectivity index (χ1) is 19.6. The van der Waals surface area contributed by atoms with Crippen molar-refractivity contribution in [1.29, 1.82) is 0 Å². The maximum atomic E-state index is 9.96. The topological polar surface area (TPSA) is 128 Å². The lowest BCUT2D eigenvalue weighted by atomic mass is 10.0. The second-order valence-corrected chi connectivity index (χ2v) is 10.8. The molecule has 40 heavy (non-hydrogen) atoms. The van der Waals surface area contributed by atoms with E-state index in [2.05, 4.69) is 32.2 Å². The van der Waals surface area contributed by atoms with Crippen LogP contribution in [0.15, 0.2) is 59.1 Å². The lowest BCUT2D eigenvalue weighted by Crippen LogP contribution is -2.34. The number of fused-ring (bicyclic) bond motifs is 2. The molecular formula is C29H24ClN5O5. The van der Waals surface area contributed by atoms with Crippen LogP contribution in [-0.2, 0) is 9.47 Å². The summed E-state index contributed by atoms with van der Waals surface area (Å²) in [7, 11) is 0. The molecule has 0 amide bonds. The van der Waals surface area contributed by atoms with Crippen LogP contribution in [-0.4, -0.2) is 67.8 Å². The predicted molar refractivity (Wildman–Crippen MR) is 145 cm³/mol. The lowest BCUT2D eigenvalue weighted by Gasteiger charge is -2.15. The number of aromatic nitrogens is 5. The fourth-order valence-corrected chi connectivity index (χ4v) is 5.58. The Balaban J connectivity index is 1.00. The largest absolute Gasteiger partial charge is 0.456 e. The van der Waals surface area contributed by atoms with Crippen molar-refractivity contribution in [2.45, 2.75) is 43.2 Å². The van der Waals surface area contributed by atoms with Gasteiger partial charge < -0.3 is 28.8 Å². The Hall–Kier alpha value is -3.83. The van der Waals surface area contributed by atoms with Crippen molar-refractivity contribution in [2.24, 2.45) is 0 Å². The number of aliphatic hydroxyl groups is 1. The number of benzene rings is 2. The van der Waals surface area contributed by atoms with Gasteiger partial charge in [-0.3, -0.25) is 0 Å². The average molecular weight is 558 g/mol. The first-order valence-electron chi connectivity index (χ1n) is 13.3. The number of aromatic amines is 1. The molecule has 2 aromatic carbocycles. The van der Waals surface area contributed by atoms with E-state index in [1.807, 2.05) is 36.4 Å². The maximum absolute atomic E-state index is 9.96. The second-order valence-electron chi connectivity index (χ2n) is 10.4. The minimum absolute atomic E-state index is 0.237. The van der Waals surface area contributed by atoms with Gasteiger partial charge in [0, 0.05) is 17.0 Å². The molecule has 3 aliphatic rings. The number of H-pyrrole nitrogens is 1. The van der Waals surface area contributed by atoms with Gasteiger partial charge in [-0.25, -0.2) is 4.98 Å². The SMILES string of the molecule is O[C@@H]1CO[C@H]2C1OC[C@H]2Oc1nc2nc(-c3ccc(-c4ccc(-c5noc(C6CC6)n5)cc4)cc3)c(Cl)cc2[nH]1. The molecule has 3 fully saturated rings. The summed E-state index contributed by atoms with van der Waals surface area (Å²) < 4.78 is 22.7. The molecule has 202 valence electrons. The maximum Gasteiger partial charge on any atom is 0.296 e. The summed E-state index contributed by atoms with van der Waals surface area (Å²) in [6, 6.07) is 18.3. The number of imidazole rings is 1. The van der Waals surface area contributed by atoms with Crippen molar-refractivity contribution in [3.05, 3.63) is 65.5 Å². The first kappa shape index (κ1) is 24.0. The molecule has 1 aliphatic carbocycles. The van der Waals surface area contributed by atoms with Crippen LogP contribution in [0.25, 0.3) is 44.9 Å². The van der Waals surface area contributed by atoms with Crippen molar-refractivity contribution < 1.29 is 23.8 Å². The normalized spacial score (nSPS) is 24.1. The highest BCUT2D eigenvalue weighted by atomic mass is 35.5. The zero-order chi connectivity index (χ0) is 26.8. The van der Waals surface area contributed by atoms with E-state index in [0.717, 1.165) is 41.0 Å². The van der Waals surface area contributed by atoms with Crippen LogP contribution in [0.1, 0.15) is 24.7 Å². The quantitative estimate of drug-likeness (QED) is 0.303. The average Bonchev–Trinajstić information content (AvgIpc) is 3.28. The number of nitrogens with one attached hydrogen (secondary N) is 1. The van der Waals surface area contributed by atoms with Crippen LogP contribution in [0.4, 0.5) is 0 Å². The van der Waals surface area contributed by atoms with Gasteiger partial charge in [0.15, 0.2) is 11.8 Å². The third-order valence-corrected chi connectivity index (χ3v) is 7.94. The minimum Gasteiger partial charge on any atom is -0.456 e. The Labute approximate surface area is 233 Å². The smallest absolute Gasteiger partial charge is 0.296 e. The summed E-state index contributed by atoms with van der Waals surface area (Å²) in [5.74, 6) is 1.79. The third-order valence-electron chi connectivity index (χ3n) is 7.65. The molecule has 0 spiro atoms. The minimum atomic E-state index is -0.639. The van der Waals surface area contributed by atoms with Crippen LogP contribution in [0.5, 0.6) is 6.01 Å². The van der Waals surface area contributed by atoms with Gasteiger partial charge in [-0.1, -0.05) is 65.3 Å². The third kappa shape index (κ3) is 4.24. The van der Waals surface area contributed by atoms with Crippen molar-refractivity contribution in [2.75, 3.05) is 13.2 Å². The Kier molecular flexibility index (Phi) is 5.63. The van der Waals surface area contributed by atoms with Gasteiger partial charge >= 0.3 is 0 Å². The van der Waals surface area contributed by atoms with E-state index in [1.165, 1.54) is 0 Å².